The molecule has 1 aliphatic heterocycles. The Labute approximate surface area is 203 Å². The van der Waals surface area contributed by atoms with Gasteiger partial charge in [0.25, 0.3) is 5.56 Å². The van der Waals surface area contributed by atoms with Gasteiger partial charge in [-0.2, -0.15) is 5.10 Å². The second-order valence-corrected chi connectivity index (χ2v) is 10.4. The van der Waals surface area contributed by atoms with E-state index < -0.39 is 4.75 Å². The molecule has 3 aromatic rings. The van der Waals surface area contributed by atoms with E-state index in [9.17, 15) is 9.59 Å². The third kappa shape index (κ3) is 4.19. The Kier molecular flexibility index (Phi) is 6.22. The highest BCUT2D eigenvalue weighted by molar-refractivity contribution is 8.16. The standard InChI is InChI=1S/C25H28N6O2S/c1-17-21(22(32)31(29(17)6)20-10-8-7-9-11-20)30-23(33)25(2,3)34-24(30)27-26-16-18-12-14-19(15-13-18)28(4)5/h7-16H,1-6H3/b26-16-,27-24+. The molecule has 1 saturated heterocycles. The van der Waals surface area contributed by atoms with Gasteiger partial charge >= 0.3 is 0 Å². The van der Waals surface area contributed by atoms with Crippen molar-refractivity contribution < 1.29 is 4.79 Å². The average molecular weight is 477 g/mol. The molecule has 1 amide bonds. The lowest BCUT2D eigenvalue weighted by atomic mass is 10.1. The summed E-state index contributed by atoms with van der Waals surface area (Å²) in [4.78, 5) is 30.3. The lowest BCUT2D eigenvalue weighted by Gasteiger charge is -2.16. The molecule has 0 aliphatic carbocycles. The number of anilines is 2. The Morgan fingerprint density at radius 1 is 1.00 bits per heavy atom. The Bertz CT molecular complexity index is 1330. The average Bonchev–Trinajstić information content (AvgIpc) is 3.16. The highest BCUT2D eigenvalue weighted by Crippen LogP contribution is 2.39. The number of amides is 1. The van der Waals surface area contributed by atoms with E-state index in [0.717, 1.165) is 16.9 Å². The largest absolute Gasteiger partial charge is 0.378 e. The SMILES string of the molecule is Cc1c(N2C(=O)C(C)(C)S/C2=N/N=C\c2ccc(N(C)C)cc2)c(=O)n(-c2ccccc2)n1C. The zero-order valence-corrected chi connectivity index (χ0v) is 21.0. The van der Waals surface area contributed by atoms with Crippen molar-refractivity contribution in [2.24, 2.45) is 17.3 Å². The molecule has 0 bridgehead atoms. The molecule has 9 heteroatoms. The van der Waals surface area contributed by atoms with E-state index in [2.05, 4.69) is 10.2 Å². The second kappa shape index (κ2) is 8.98. The fraction of sp³-hybridized carbons (Fsp3) is 0.280. The number of amidine groups is 1. The van der Waals surface area contributed by atoms with Crippen LogP contribution in [0.25, 0.3) is 5.69 Å². The van der Waals surface area contributed by atoms with E-state index in [1.165, 1.54) is 16.7 Å². The number of aromatic nitrogens is 2. The van der Waals surface area contributed by atoms with Gasteiger partial charge in [0.2, 0.25) is 5.91 Å². The highest BCUT2D eigenvalue weighted by Gasteiger charge is 2.47. The zero-order chi connectivity index (χ0) is 24.6. The van der Waals surface area contributed by atoms with Gasteiger partial charge in [-0.25, -0.2) is 9.58 Å². The Morgan fingerprint density at radius 2 is 1.65 bits per heavy atom. The lowest BCUT2D eigenvalue weighted by molar-refractivity contribution is -0.118. The van der Waals surface area contributed by atoms with E-state index in [1.54, 1.807) is 22.6 Å². The molecule has 1 aromatic heterocycles. The van der Waals surface area contributed by atoms with Gasteiger partial charge in [0, 0.05) is 26.8 Å². The van der Waals surface area contributed by atoms with Crippen molar-refractivity contribution in [3.63, 3.8) is 0 Å². The van der Waals surface area contributed by atoms with Crippen molar-refractivity contribution in [1.29, 1.82) is 0 Å². The van der Waals surface area contributed by atoms with Crippen molar-refractivity contribution >= 4 is 40.4 Å². The minimum atomic E-state index is -0.770. The van der Waals surface area contributed by atoms with Crippen LogP contribution in [0.5, 0.6) is 0 Å². The third-order valence-corrected chi connectivity index (χ3v) is 6.89. The van der Waals surface area contributed by atoms with Crippen LogP contribution in [0.2, 0.25) is 0 Å². The van der Waals surface area contributed by atoms with Gasteiger partial charge in [-0.3, -0.25) is 14.3 Å². The number of benzene rings is 2. The topological polar surface area (TPSA) is 75.2 Å². The summed E-state index contributed by atoms with van der Waals surface area (Å²) in [5.74, 6) is -0.201. The maximum atomic E-state index is 13.5. The lowest BCUT2D eigenvalue weighted by Crippen LogP contribution is -2.39. The maximum Gasteiger partial charge on any atom is 0.296 e. The molecule has 2 aromatic carbocycles. The van der Waals surface area contributed by atoms with Crippen LogP contribution in [0.4, 0.5) is 11.4 Å². The summed E-state index contributed by atoms with van der Waals surface area (Å²) in [6.45, 7) is 5.48. The van der Waals surface area contributed by atoms with Crippen LogP contribution in [0.1, 0.15) is 25.1 Å². The monoisotopic (exact) mass is 476 g/mol. The first-order valence-corrected chi connectivity index (χ1v) is 11.7. The first-order valence-electron chi connectivity index (χ1n) is 10.9. The summed E-state index contributed by atoms with van der Waals surface area (Å²) in [5.41, 5.74) is 3.37. The first-order chi connectivity index (χ1) is 16.1. The van der Waals surface area contributed by atoms with Crippen LogP contribution in [0, 0.1) is 6.92 Å². The smallest absolute Gasteiger partial charge is 0.296 e. The molecule has 176 valence electrons. The van der Waals surface area contributed by atoms with Crippen LogP contribution >= 0.6 is 11.8 Å². The highest BCUT2D eigenvalue weighted by atomic mass is 32.2. The van der Waals surface area contributed by atoms with Crippen LogP contribution in [-0.2, 0) is 11.8 Å². The summed E-state index contributed by atoms with van der Waals surface area (Å²) in [5, 5.41) is 8.98. The predicted molar refractivity (Wildman–Crippen MR) is 141 cm³/mol. The van der Waals surface area contributed by atoms with Gasteiger partial charge in [-0.1, -0.05) is 42.1 Å². The van der Waals surface area contributed by atoms with E-state index in [0.29, 0.717) is 16.5 Å². The predicted octanol–water partition coefficient (Wildman–Crippen LogP) is 3.80. The summed E-state index contributed by atoms with van der Waals surface area (Å²) >= 11 is 1.30. The number of nitrogens with zero attached hydrogens (tertiary/aromatic N) is 6. The fourth-order valence-electron chi connectivity index (χ4n) is 3.75. The molecule has 0 radical (unpaired) electrons. The molecule has 0 saturated carbocycles. The summed E-state index contributed by atoms with van der Waals surface area (Å²) in [6, 6.07) is 17.2. The van der Waals surface area contributed by atoms with Gasteiger partial charge in [0.1, 0.15) is 5.69 Å². The van der Waals surface area contributed by atoms with Gasteiger partial charge in [-0.05, 0) is 50.6 Å². The molecule has 0 N–H and O–H groups in total. The minimum absolute atomic E-state index is 0.201. The normalized spacial score (nSPS) is 16.7. The number of hydrogen-bond donors (Lipinski definition) is 0. The second-order valence-electron chi connectivity index (χ2n) is 8.78. The molecular weight excluding hydrogens is 448 g/mol. The minimum Gasteiger partial charge on any atom is -0.378 e. The van der Waals surface area contributed by atoms with Crippen molar-refractivity contribution in [3.05, 3.63) is 76.2 Å². The van der Waals surface area contributed by atoms with Crippen molar-refractivity contribution in [3.8, 4) is 5.69 Å². The molecule has 1 fully saturated rings. The Hall–Kier alpha value is -3.59. The number of hydrogen-bond acceptors (Lipinski definition) is 6. The van der Waals surface area contributed by atoms with Crippen LogP contribution in [0.3, 0.4) is 0 Å². The molecular formula is C25H28N6O2S. The van der Waals surface area contributed by atoms with Crippen molar-refractivity contribution in [2.45, 2.75) is 25.5 Å². The molecule has 8 nitrogen and oxygen atoms in total. The Morgan fingerprint density at radius 3 is 2.26 bits per heavy atom. The number of carbonyl (C=O) groups excluding carboxylic acids is 1. The van der Waals surface area contributed by atoms with Gasteiger partial charge in [0.15, 0.2) is 5.17 Å². The quantitative estimate of drug-likeness (QED) is 0.415. The molecule has 34 heavy (non-hydrogen) atoms. The molecule has 4 rings (SSSR count). The number of para-hydroxylation sites is 1. The summed E-state index contributed by atoms with van der Waals surface area (Å²) in [6.07, 6.45) is 1.64. The van der Waals surface area contributed by atoms with E-state index >= 15 is 0 Å². The maximum absolute atomic E-state index is 13.5. The fourth-order valence-corrected chi connectivity index (χ4v) is 4.74. The zero-order valence-electron chi connectivity index (χ0n) is 20.2. The third-order valence-electron chi connectivity index (χ3n) is 5.76. The molecule has 0 spiro atoms. The molecule has 0 atom stereocenters. The number of thioether (sulfide) groups is 1. The number of carbonyl (C=O) groups is 1. The van der Waals surface area contributed by atoms with Gasteiger partial charge < -0.3 is 4.90 Å². The summed E-state index contributed by atoms with van der Waals surface area (Å²) < 4.78 is 2.54. The molecule has 1 aliphatic rings. The van der Waals surface area contributed by atoms with E-state index in [-0.39, 0.29) is 11.5 Å². The van der Waals surface area contributed by atoms with Crippen molar-refractivity contribution in [1.82, 2.24) is 9.36 Å². The molecule has 0 unspecified atom stereocenters. The first kappa shape index (κ1) is 23.6. The van der Waals surface area contributed by atoms with E-state index in [1.807, 2.05) is 94.4 Å². The van der Waals surface area contributed by atoms with Crippen molar-refractivity contribution in [2.75, 3.05) is 23.9 Å². The van der Waals surface area contributed by atoms with Gasteiger partial charge in [0.05, 0.1) is 22.3 Å². The summed E-state index contributed by atoms with van der Waals surface area (Å²) in [7, 11) is 5.77. The Balaban J connectivity index is 1.74. The van der Waals surface area contributed by atoms with Crippen LogP contribution < -0.4 is 15.4 Å². The van der Waals surface area contributed by atoms with Crippen LogP contribution in [-0.4, -0.2) is 45.5 Å². The van der Waals surface area contributed by atoms with E-state index in [4.69, 9.17) is 0 Å². The van der Waals surface area contributed by atoms with Crippen LogP contribution in [0.15, 0.2) is 69.6 Å². The number of rotatable bonds is 5. The molecule has 2 heterocycles. The van der Waals surface area contributed by atoms with Gasteiger partial charge in [-0.15, -0.1) is 5.10 Å².